The molecule has 0 aliphatic rings. The highest BCUT2D eigenvalue weighted by atomic mass is 16.5. The minimum absolute atomic E-state index is 0.0682. The first kappa shape index (κ1) is 19.9. The molecule has 0 N–H and O–H groups in total. The number of hydrogen-bond acceptors (Lipinski definition) is 8. The number of esters is 1. The van der Waals surface area contributed by atoms with Crippen molar-refractivity contribution in [3.63, 3.8) is 0 Å². The Morgan fingerprint density at radius 1 is 0.931 bits per heavy atom. The van der Waals surface area contributed by atoms with Gasteiger partial charge in [-0.1, -0.05) is 24.3 Å². The van der Waals surface area contributed by atoms with Crippen molar-refractivity contribution in [2.24, 2.45) is 0 Å². The van der Waals surface area contributed by atoms with E-state index >= 15 is 0 Å². The fraction of sp³-hybridized carbons (Fsp3) is 0.190. The average Bonchev–Trinajstić information content (AvgIpc) is 2.76. The number of benzene rings is 2. The lowest BCUT2D eigenvalue weighted by Gasteiger charge is -2.11. The summed E-state index contributed by atoms with van der Waals surface area (Å²) in [5.74, 6) is 0.585. The quantitative estimate of drug-likeness (QED) is 0.340. The maximum atomic E-state index is 12.2. The van der Waals surface area contributed by atoms with Gasteiger partial charge in [-0.3, -0.25) is 0 Å². The van der Waals surface area contributed by atoms with E-state index in [4.69, 9.17) is 23.7 Å². The Balaban J connectivity index is 2.06. The van der Waals surface area contributed by atoms with Gasteiger partial charge in [0.25, 0.3) is 0 Å². The number of ether oxygens (including phenoxy) is 5. The summed E-state index contributed by atoms with van der Waals surface area (Å²) >= 11 is 0. The number of hydrogen-bond donors (Lipinski definition) is 0. The topological polar surface area (TPSA) is 89.0 Å². The van der Waals surface area contributed by atoms with Crippen LogP contribution in [0.4, 0.5) is 0 Å². The second-order valence-electron chi connectivity index (χ2n) is 5.78. The normalized spacial score (nSPS) is 11.1. The summed E-state index contributed by atoms with van der Waals surface area (Å²) in [5.41, 5.74) is 0.933. The van der Waals surface area contributed by atoms with Gasteiger partial charge in [0, 0.05) is 5.56 Å². The zero-order chi connectivity index (χ0) is 20.8. The molecule has 0 radical (unpaired) electrons. The summed E-state index contributed by atoms with van der Waals surface area (Å²) in [4.78, 5) is 20.5. The van der Waals surface area contributed by atoms with Crippen molar-refractivity contribution in [3.8, 4) is 23.5 Å². The van der Waals surface area contributed by atoms with Crippen molar-refractivity contribution >= 4 is 22.3 Å². The molecule has 8 nitrogen and oxygen atoms in total. The SMILES string of the molecule is CO/C=C(/C(=O)OC)c1cccc2ccc(Oc3nc(OC)cc(OC)n3)cc12. The Morgan fingerprint density at radius 2 is 1.66 bits per heavy atom. The van der Waals surface area contributed by atoms with Crippen LogP contribution in [-0.4, -0.2) is 44.4 Å². The maximum Gasteiger partial charge on any atom is 0.341 e. The summed E-state index contributed by atoms with van der Waals surface area (Å²) in [7, 11) is 5.77. The minimum atomic E-state index is -0.508. The number of aromatic nitrogens is 2. The van der Waals surface area contributed by atoms with Crippen LogP contribution in [0.25, 0.3) is 16.3 Å². The van der Waals surface area contributed by atoms with Crippen LogP contribution >= 0.6 is 0 Å². The van der Waals surface area contributed by atoms with Gasteiger partial charge in [-0.15, -0.1) is 0 Å². The third-order valence-electron chi connectivity index (χ3n) is 4.07. The number of methoxy groups -OCH3 is 4. The van der Waals surface area contributed by atoms with Gasteiger partial charge in [-0.25, -0.2) is 4.79 Å². The molecule has 3 rings (SSSR count). The van der Waals surface area contributed by atoms with Gasteiger partial charge in [0.05, 0.1) is 40.8 Å². The third kappa shape index (κ3) is 4.37. The molecule has 1 aromatic heterocycles. The highest BCUT2D eigenvalue weighted by Crippen LogP contribution is 2.31. The largest absolute Gasteiger partial charge is 0.503 e. The molecule has 0 saturated carbocycles. The molecule has 2 aromatic carbocycles. The zero-order valence-corrected chi connectivity index (χ0v) is 16.5. The number of rotatable bonds is 7. The molecule has 0 aliphatic heterocycles. The van der Waals surface area contributed by atoms with Crippen LogP contribution in [0.15, 0.2) is 48.7 Å². The van der Waals surface area contributed by atoms with E-state index in [9.17, 15) is 4.79 Å². The van der Waals surface area contributed by atoms with Crippen molar-refractivity contribution in [2.45, 2.75) is 0 Å². The summed E-state index contributed by atoms with van der Waals surface area (Å²) in [6, 6.07) is 12.6. The molecule has 0 spiro atoms. The molecule has 3 aromatic rings. The van der Waals surface area contributed by atoms with Crippen LogP contribution in [0.2, 0.25) is 0 Å². The predicted molar refractivity (Wildman–Crippen MR) is 106 cm³/mol. The average molecular weight is 396 g/mol. The standard InChI is InChI=1S/C21H20N2O6/c1-25-12-17(20(24)28-4)15-7-5-6-13-8-9-14(10-16(13)15)29-21-22-18(26-2)11-19(23-21)27-3/h5-12H,1-4H3/b17-12+. The van der Waals surface area contributed by atoms with Gasteiger partial charge >= 0.3 is 12.0 Å². The van der Waals surface area contributed by atoms with E-state index in [0.717, 1.165) is 10.8 Å². The smallest absolute Gasteiger partial charge is 0.341 e. The Bertz CT molecular complexity index is 1040. The zero-order valence-electron chi connectivity index (χ0n) is 16.5. The lowest BCUT2D eigenvalue weighted by atomic mass is 9.98. The third-order valence-corrected chi connectivity index (χ3v) is 4.07. The molecule has 0 unspecified atom stereocenters. The van der Waals surface area contributed by atoms with Crippen molar-refractivity contribution in [3.05, 3.63) is 54.3 Å². The minimum Gasteiger partial charge on any atom is -0.503 e. The fourth-order valence-electron chi connectivity index (χ4n) is 2.74. The van der Waals surface area contributed by atoms with E-state index in [-0.39, 0.29) is 11.6 Å². The predicted octanol–water partition coefficient (Wildman–Crippen LogP) is 3.60. The summed E-state index contributed by atoms with van der Waals surface area (Å²) in [6.07, 6.45) is 1.35. The molecule has 0 saturated heterocycles. The molecule has 150 valence electrons. The maximum absolute atomic E-state index is 12.2. The first-order valence-electron chi connectivity index (χ1n) is 8.59. The Kier molecular flexibility index (Phi) is 6.13. The van der Waals surface area contributed by atoms with Crippen LogP contribution < -0.4 is 14.2 Å². The van der Waals surface area contributed by atoms with Gasteiger partial charge in [-0.05, 0) is 22.9 Å². The molecular weight excluding hydrogens is 376 g/mol. The molecule has 8 heteroatoms. The van der Waals surface area contributed by atoms with Crippen LogP contribution in [0.1, 0.15) is 5.56 Å². The van der Waals surface area contributed by atoms with E-state index in [1.54, 1.807) is 24.3 Å². The van der Waals surface area contributed by atoms with E-state index in [1.165, 1.54) is 34.7 Å². The van der Waals surface area contributed by atoms with Gasteiger partial charge in [0.1, 0.15) is 11.3 Å². The lowest BCUT2D eigenvalue weighted by molar-refractivity contribution is -0.133. The first-order chi connectivity index (χ1) is 14.1. The molecule has 1 heterocycles. The van der Waals surface area contributed by atoms with Crippen LogP contribution in [0, 0.1) is 0 Å². The molecule has 0 fully saturated rings. The second kappa shape index (κ2) is 8.92. The summed E-state index contributed by atoms with van der Waals surface area (Å²) in [6.45, 7) is 0. The number of nitrogens with zero attached hydrogens (tertiary/aromatic N) is 2. The van der Waals surface area contributed by atoms with Gasteiger partial charge in [-0.2, -0.15) is 9.97 Å². The highest BCUT2D eigenvalue weighted by Gasteiger charge is 2.17. The van der Waals surface area contributed by atoms with E-state index < -0.39 is 5.97 Å². The Morgan fingerprint density at radius 3 is 2.28 bits per heavy atom. The summed E-state index contributed by atoms with van der Waals surface area (Å²) < 4.78 is 26.0. The molecule has 0 bridgehead atoms. The molecule has 0 aliphatic carbocycles. The van der Waals surface area contributed by atoms with Crippen LogP contribution in [0.3, 0.4) is 0 Å². The van der Waals surface area contributed by atoms with Crippen LogP contribution in [0.5, 0.6) is 23.5 Å². The van der Waals surface area contributed by atoms with E-state index in [2.05, 4.69) is 9.97 Å². The van der Waals surface area contributed by atoms with Gasteiger partial charge in [0.2, 0.25) is 11.8 Å². The van der Waals surface area contributed by atoms with Crippen molar-refractivity contribution in [2.75, 3.05) is 28.4 Å². The molecule has 0 amide bonds. The molecule has 29 heavy (non-hydrogen) atoms. The number of fused-ring (bicyclic) bond motifs is 1. The van der Waals surface area contributed by atoms with Crippen LogP contribution in [-0.2, 0) is 14.3 Å². The Hall–Kier alpha value is -3.81. The second-order valence-corrected chi connectivity index (χ2v) is 5.78. The van der Waals surface area contributed by atoms with E-state index in [0.29, 0.717) is 23.1 Å². The first-order valence-corrected chi connectivity index (χ1v) is 8.59. The summed E-state index contributed by atoms with van der Waals surface area (Å²) in [5, 5.41) is 1.68. The van der Waals surface area contributed by atoms with Crippen molar-refractivity contribution < 1.29 is 28.5 Å². The number of carbonyl (C=O) groups excluding carboxylic acids is 1. The Labute approximate surface area is 167 Å². The monoisotopic (exact) mass is 396 g/mol. The number of carbonyl (C=O) groups is 1. The lowest BCUT2D eigenvalue weighted by Crippen LogP contribution is -2.05. The van der Waals surface area contributed by atoms with Gasteiger partial charge < -0.3 is 23.7 Å². The van der Waals surface area contributed by atoms with E-state index in [1.807, 2.05) is 18.2 Å². The van der Waals surface area contributed by atoms with Gasteiger partial charge in [0.15, 0.2) is 0 Å². The molecule has 0 atom stereocenters. The molecular formula is C21H20N2O6. The fourth-order valence-corrected chi connectivity index (χ4v) is 2.74. The van der Waals surface area contributed by atoms with Crippen molar-refractivity contribution in [1.82, 2.24) is 9.97 Å². The highest BCUT2D eigenvalue weighted by molar-refractivity contribution is 6.20. The van der Waals surface area contributed by atoms with Crippen molar-refractivity contribution in [1.29, 1.82) is 0 Å².